The molecule has 1 aromatic heterocycles. The highest BCUT2D eigenvalue weighted by Crippen LogP contribution is 2.20. The van der Waals surface area contributed by atoms with Crippen LogP contribution in [0.25, 0.3) is 0 Å². The van der Waals surface area contributed by atoms with Gasteiger partial charge in [-0.2, -0.15) is 0 Å². The Morgan fingerprint density at radius 2 is 2.42 bits per heavy atom. The summed E-state index contributed by atoms with van der Waals surface area (Å²) < 4.78 is 4.93. The third-order valence-corrected chi connectivity index (χ3v) is 1.50. The summed E-state index contributed by atoms with van der Waals surface area (Å²) in [4.78, 5) is 14.2. The van der Waals surface area contributed by atoms with Crippen LogP contribution in [-0.4, -0.2) is 23.5 Å². The predicted octanol–water partition coefficient (Wildman–Crippen LogP) is 0.395. The van der Waals surface area contributed by atoms with Crippen LogP contribution in [0.5, 0.6) is 5.75 Å². The van der Waals surface area contributed by atoms with Crippen LogP contribution >= 0.6 is 0 Å². The maximum Gasteiger partial charge on any atom is 0.155 e. The van der Waals surface area contributed by atoms with Crippen LogP contribution in [0.3, 0.4) is 0 Å². The van der Waals surface area contributed by atoms with E-state index in [2.05, 4.69) is 4.98 Å². The average molecular weight is 167 g/mol. The molecule has 1 aromatic rings. The van der Waals surface area contributed by atoms with Gasteiger partial charge in [-0.25, -0.2) is 0 Å². The maximum absolute atomic E-state index is 10.5. The van der Waals surface area contributed by atoms with Crippen molar-refractivity contribution in [1.29, 1.82) is 0 Å². The standard InChI is InChI=1S/C8H9NO3/c1-12-8-6(4-10)2-9-3-7(8)5-11/h2-4,11H,5H2,1H3. The van der Waals surface area contributed by atoms with E-state index in [1.165, 1.54) is 19.5 Å². The third-order valence-electron chi connectivity index (χ3n) is 1.50. The number of aliphatic hydroxyl groups excluding tert-OH is 1. The number of nitrogens with zero attached hydrogens (tertiary/aromatic N) is 1. The minimum Gasteiger partial charge on any atom is -0.496 e. The van der Waals surface area contributed by atoms with Gasteiger partial charge in [-0.05, 0) is 0 Å². The molecule has 0 amide bonds. The largest absolute Gasteiger partial charge is 0.496 e. The van der Waals surface area contributed by atoms with E-state index in [4.69, 9.17) is 9.84 Å². The Bertz CT molecular complexity index is 286. The molecule has 0 bridgehead atoms. The van der Waals surface area contributed by atoms with Crippen molar-refractivity contribution in [2.75, 3.05) is 7.11 Å². The van der Waals surface area contributed by atoms with Gasteiger partial charge in [0.15, 0.2) is 6.29 Å². The Kier molecular flexibility index (Phi) is 2.76. The van der Waals surface area contributed by atoms with Crippen LogP contribution in [0.15, 0.2) is 12.4 Å². The molecule has 1 rings (SSSR count). The second kappa shape index (κ2) is 3.82. The van der Waals surface area contributed by atoms with Gasteiger partial charge in [0.05, 0.1) is 19.3 Å². The van der Waals surface area contributed by atoms with Gasteiger partial charge < -0.3 is 9.84 Å². The summed E-state index contributed by atoms with van der Waals surface area (Å²) in [6.45, 7) is -0.183. The van der Waals surface area contributed by atoms with E-state index in [9.17, 15) is 4.79 Å². The van der Waals surface area contributed by atoms with Crippen LogP contribution < -0.4 is 4.74 Å². The van der Waals surface area contributed by atoms with E-state index in [1.54, 1.807) is 0 Å². The lowest BCUT2D eigenvalue weighted by Gasteiger charge is -2.06. The number of aldehydes is 1. The summed E-state index contributed by atoms with van der Waals surface area (Å²) in [5.74, 6) is 0.391. The smallest absolute Gasteiger partial charge is 0.155 e. The first-order valence-electron chi connectivity index (χ1n) is 3.40. The summed E-state index contributed by atoms with van der Waals surface area (Å²) in [7, 11) is 1.45. The monoisotopic (exact) mass is 167 g/mol. The highest BCUT2D eigenvalue weighted by atomic mass is 16.5. The first-order chi connectivity index (χ1) is 5.83. The predicted molar refractivity (Wildman–Crippen MR) is 42.1 cm³/mol. The number of methoxy groups -OCH3 is 1. The van der Waals surface area contributed by atoms with E-state index < -0.39 is 0 Å². The van der Waals surface area contributed by atoms with E-state index in [-0.39, 0.29) is 6.61 Å². The van der Waals surface area contributed by atoms with Gasteiger partial charge in [0, 0.05) is 18.0 Å². The van der Waals surface area contributed by atoms with Crippen LogP contribution in [-0.2, 0) is 6.61 Å². The molecule has 1 N–H and O–H groups in total. The molecule has 0 unspecified atom stereocenters. The van der Waals surface area contributed by atoms with Crippen molar-refractivity contribution in [2.45, 2.75) is 6.61 Å². The number of rotatable bonds is 3. The molecule has 0 radical (unpaired) electrons. The summed E-state index contributed by atoms with van der Waals surface area (Å²) in [5, 5.41) is 8.83. The van der Waals surface area contributed by atoms with Gasteiger partial charge >= 0.3 is 0 Å². The maximum atomic E-state index is 10.5. The molecule has 0 fully saturated rings. The van der Waals surface area contributed by atoms with Crippen molar-refractivity contribution in [3.05, 3.63) is 23.5 Å². The Morgan fingerprint density at radius 1 is 1.67 bits per heavy atom. The van der Waals surface area contributed by atoms with E-state index in [0.29, 0.717) is 23.2 Å². The molecule has 4 heteroatoms. The van der Waals surface area contributed by atoms with Gasteiger partial charge in [-0.15, -0.1) is 0 Å². The fourth-order valence-electron chi connectivity index (χ4n) is 0.956. The fraction of sp³-hybridized carbons (Fsp3) is 0.250. The van der Waals surface area contributed by atoms with Gasteiger partial charge in [0.2, 0.25) is 0 Å². The molecule has 0 aliphatic rings. The Hall–Kier alpha value is -1.42. The second-order valence-corrected chi connectivity index (χ2v) is 2.20. The third kappa shape index (κ3) is 1.43. The zero-order valence-corrected chi connectivity index (χ0v) is 6.65. The number of hydrogen-bond donors (Lipinski definition) is 1. The molecule has 1 heterocycles. The number of aliphatic hydroxyl groups is 1. The second-order valence-electron chi connectivity index (χ2n) is 2.20. The highest BCUT2D eigenvalue weighted by molar-refractivity contribution is 5.79. The normalized spacial score (nSPS) is 9.50. The lowest BCUT2D eigenvalue weighted by atomic mass is 10.2. The van der Waals surface area contributed by atoms with Crippen molar-refractivity contribution in [3.8, 4) is 5.75 Å². The molecular weight excluding hydrogens is 158 g/mol. The molecule has 12 heavy (non-hydrogen) atoms. The molecule has 0 aliphatic heterocycles. The quantitative estimate of drug-likeness (QED) is 0.662. The first kappa shape index (κ1) is 8.67. The summed E-state index contributed by atoms with van der Waals surface area (Å²) >= 11 is 0. The van der Waals surface area contributed by atoms with Gasteiger partial charge in [0.25, 0.3) is 0 Å². The average Bonchev–Trinajstić information content (AvgIpc) is 2.16. The fourth-order valence-corrected chi connectivity index (χ4v) is 0.956. The minimum absolute atomic E-state index is 0.183. The Morgan fingerprint density at radius 3 is 2.92 bits per heavy atom. The van der Waals surface area contributed by atoms with Gasteiger partial charge in [-0.3, -0.25) is 9.78 Å². The van der Waals surface area contributed by atoms with Gasteiger partial charge in [0.1, 0.15) is 5.75 Å². The van der Waals surface area contributed by atoms with E-state index in [0.717, 1.165) is 0 Å². The molecule has 0 spiro atoms. The molecular formula is C8H9NO3. The first-order valence-corrected chi connectivity index (χ1v) is 3.40. The number of carbonyl (C=O) groups excluding carboxylic acids is 1. The molecule has 0 aromatic carbocycles. The molecule has 4 nitrogen and oxygen atoms in total. The lowest BCUT2D eigenvalue weighted by Crippen LogP contribution is -1.97. The highest BCUT2D eigenvalue weighted by Gasteiger charge is 2.07. The molecule has 0 saturated carbocycles. The molecule has 64 valence electrons. The zero-order chi connectivity index (χ0) is 8.97. The Balaban J connectivity index is 3.21. The number of aromatic nitrogens is 1. The number of carbonyl (C=O) groups is 1. The van der Waals surface area contributed by atoms with Crippen LogP contribution in [0.1, 0.15) is 15.9 Å². The summed E-state index contributed by atoms with van der Waals surface area (Å²) in [6.07, 6.45) is 3.50. The van der Waals surface area contributed by atoms with Crippen molar-refractivity contribution < 1.29 is 14.6 Å². The topological polar surface area (TPSA) is 59.4 Å². The van der Waals surface area contributed by atoms with Crippen LogP contribution in [0.2, 0.25) is 0 Å². The van der Waals surface area contributed by atoms with Crippen molar-refractivity contribution >= 4 is 6.29 Å². The minimum atomic E-state index is -0.183. The van der Waals surface area contributed by atoms with Crippen LogP contribution in [0.4, 0.5) is 0 Å². The molecule has 0 aliphatic carbocycles. The lowest BCUT2D eigenvalue weighted by molar-refractivity contribution is 0.112. The van der Waals surface area contributed by atoms with Gasteiger partial charge in [-0.1, -0.05) is 0 Å². The summed E-state index contributed by atoms with van der Waals surface area (Å²) in [5.41, 5.74) is 0.867. The SMILES string of the molecule is COc1c(C=O)cncc1CO. The number of hydrogen-bond acceptors (Lipinski definition) is 4. The van der Waals surface area contributed by atoms with Crippen molar-refractivity contribution in [1.82, 2.24) is 4.98 Å². The van der Waals surface area contributed by atoms with E-state index in [1.807, 2.05) is 0 Å². The number of pyridine rings is 1. The van der Waals surface area contributed by atoms with E-state index >= 15 is 0 Å². The molecule has 0 saturated heterocycles. The van der Waals surface area contributed by atoms with Crippen molar-refractivity contribution in [3.63, 3.8) is 0 Å². The number of ether oxygens (including phenoxy) is 1. The summed E-state index contributed by atoms with van der Waals surface area (Å²) in [6, 6.07) is 0. The molecule has 0 atom stereocenters. The van der Waals surface area contributed by atoms with Crippen LogP contribution in [0, 0.1) is 0 Å². The Labute approximate surface area is 69.8 Å². The zero-order valence-electron chi connectivity index (χ0n) is 6.65. The van der Waals surface area contributed by atoms with Crippen molar-refractivity contribution in [2.24, 2.45) is 0 Å².